The fraction of sp³-hybridized carbons (Fsp3) is 0.464. The van der Waals surface area contributed by atoms with Crippen molar-refractivity contribution in [1.29, 1.82) is 0 Å². The van der Waals surface area contributed by atoms with E-state index >= 15 is 0 Å². The minimum Gasteiger partial charge on any atom is -0.388 e. The Morgan fingerprint density at radius 1 is 1.03 bits per heavy atom. The van der Waals surface area contributed by atoms with Crippen LogP contribution in [0.5, 0.6) is 0 Å². The van der Waals surface area contributed by atoms with Crippen LogP contribution in [0.2, 0.25) is 0 Å². The largest absolute Gasteiger partial charge is 0.388 e. The van der Waals surface area contributed by atoms with Crippen LogP contribution >= 0.6 is 0 Å². The van der Waals surface area contributed by atoms with Crippen molar-refractivity contribution in [3.05, 3.63) is 71.3 Å². The number of carbonyl (C=O) groups excluding carboxylic acids is 3. The Hall–Kier alpha value is -2.79. The second kappa shape index (κ2) is 8.86. The van der Waals surface area contributed by atoms with Crippen LogP contribution in [-0.4, -0.2) is 34.7 Å². The van der Waals surface area contributed by atoms with Crippen molar-refractivity contribution < 1.29 is 19.5 Å². The predicted molar refractivity (Wildman–Crippen MR) is 127 cm³/mol. The van der Waals surface area contributed by atoms with Crippen LogP contribution in [0.4, 0.5) is 0 Å². The van der Waals surface area contributed by atoms with Crippen molar-refractivity contribution in [2.75, 3.05) is 0 Å². The van der Waals surface area contributed by atoms with Crippen molar-refractivity contribution in [1.82, 2.24) is 5.32 Å². The molecule has 33 heavy (non-hydrogen) atoms. The Morgan fingerprint density at radius 2 is 1.73 bits per heavy atom. The summed E-state index contributed by atoms with van der Waals surface area (Å²) in [4.78, 5) is 40.0. The van der Waals surface area contributed by atoms with E-state index in [0.717, 1.165) is 11.1 Å². The second-order valence-electron chi connectivity index (χ2n) is 9.92. The quantitative estimate of drug-likeness (QED) is 0.679. The number of hydrogen-bond donors (Lipinski definition) is 2. The number of allylic oxidation sites excluding steroid dienone is 4. The third kappa shape index (κ3) is 3.72. The number of aliphatic hydroxyl groups excluding tert-OH is 1. The number of aliphatic hydroxyl groups is 1. The van der Waals surface area contributed by atoms with Crippen molar-refractivity contribution >= 4 is 17.5 Å². The van der Waals surface area contributed by atoms with Gasteiger partial charge in [-0.2, -0.15) is 0 Å². The minimum absolute atomic E-state index is 0.0802. The lowest BCUT2D eigenvalue weighted by molar-refractivity contribution is -0.144. The maximum Gasteiger partial charge on any atom is 0.231 e. The van der Waals surface area contributed by atoms with E-state index in [-0.39, 0.29) is 41.3 Å². The molecule has 1 spiro atoms. The number of rotatable bonds is 2. The number of carbonyl (C=O) groups is 3. The van der Waals surface area contributed by atoms with Crippen LogP contribution in [0.3, 0.4) is 0 Å². The van der Waals surface area contributed by atoms with E-state index in [4.69, 9.17) is 0 Å². The maximum atomic E-state index is 13.8. The molecule has 0 unspecified atom stereocenters. The van der Waals surface area contributed by atoms with E-state index in [1.54, 1.807) is 18.2 Å². The average molecular weight is 448 g/mol. The molecule has 0 aromatic heterocycles. The molecule has 3 aliphatic rings. The van der Waals surface area contributed by atoms with Gasteiger partial charge in [0, 0.05) is 23.8 Å². The monoisotopic (exact) mass is 447 g/mol. The number of benzene rings is 1. The number of nitrogens with one attached hydrogen (secondary N) is 1. The first kappa shape index (κ1) is 23.4. The molecular weight excluding hydrogens is 414 g/mol. The van der Waals surface area contributed by atoms with Crippen LogP contribution in [0, 0.1) is 29.1 Å². The highest BCUT2D eigenvalue weighted by molar-refractivity contribution is 6.06. The predicted octanol–water partition coefficient (Wildman–Crippen LogP) is 3.58. The van der Waals surface area contributed by atoms with Gasteiger partial charge in [0.1, 0.15) is 11.2 Å². The lowest BCUT2D eigenvalue weighted by Crippen LogP contribution is -2.55. The molecule has 0 bridgehead atoms. The van der Waals surface area contributed by atoms with Gasteiger partial charge in [0.05, 0.1) is 12.0 Å². The Labute approximate surface area is 195 Å². The third-order valence-electron chi connectivity index (χ3n) is 7.97. The SMILES string of the molecule is CC1=C(C)[C@H]2[C@H](Cc3ccccc3)NC(=O)[C@]23[C@H](O)/C=C/[C@H](C)C(=O)[C@@H](C)C/C=C/[C@H]3C1=O. The average Bonchev–Trinajstić information content (AvgIpc) is 3.09. The molecule has 7 atom stereocenters. The molecule has 1 saturated heterocycles. The van der Waals surface area contributed by atoms with E-state index in [9.17, 15) is 19.5 Å². The van der Waals surface area contributed by atoms with Crippen molar-refractivity contribution in [3.63, 3.8) is 0 Å². The van der Waals surface area contributed by atoms with Gasteiger partial charge in [-0.1, -0.05) is 74.1 Å². The summed E-state index contributed by atoms with van der Waals surface area (Å²) < 4.78 is 0. The van der Waals surface area contributed by atoms with E-state index in [1.807, 2.05) is 64.1 Å². The van der Waals surface area contributed by atoms with E-state index in [0.29, 0.717) is 18.4 Å². The fourth-order valence-electron chi connectivity index (χ4n) is 6.02. The summed E-state index contributed by atoms with van der Waals surface area (Å²) >= 11 is 0. The van der Waals surface area contributed by atoms with Crippen LogP contribution in [0.25, 0.3) is 0 Å². The van der Waals surface area contributed by atoms with Crippen molar-refractivity contribution in [2.24, 2.45) is 29.1 Å². The molecule has 2 N–H and O–H groups in total. The molecule has 5 heteroatoms. The number of amides is 1. The van der Waals surface area contributed by atoms with E-state index in [1.165, 1.54) is 0 Å². The van der Waals surface area contributed by atoms with Gasteiger partial charge in [-0.25, -0.2) is 0 Å². The zero-order chi connectivity index (χ0) is 23.9. The lowest BCUT2D eigenvalue weighted by Gasteiger charge is -2.45. The first-order valence-corrected chi connectivity index (χ1v) is 11.8. The van der Waals surface area contributed by atoms with E-state index in [2.05, 4.69) is 5.32 Å². The summed E-state index contributed by atoms with van der Waals surface area (Å²) in [6.45, 7) is 7.41. The first-order valence-electron chi connectivity index (χ1n) is 11.8. The van der Waals surface area contributed by atoms with Gasteiger partial charge in [-0.05, 0) is 37.8 Å². The summed E-state index contributed by atoms with van der Waals surface area (Å²) in [5.74, 6) is -2.07. The number of Topliss-reactive ketones (excluding diaryl/α,β-unsaturated/α-hetero) is 2. The van der Waals surface area contributed by atoms with Gasteiger partial charge < -0.3 is 10.4 Å². The lowest BCUT2D eigenvalue weighted by atomic mass is 9.55. The molecule has 174 valence electrons. The zero-order valence-electron chi connectivity index (χ0n) is 19.7. The standard InChI is InChI=1S/C28H33NO4/c1-16-9-8-12-21-26(32)19(4)18(3)24-22(15-20-10-6-5-7-11-20)29-27(33)28(21,24)23(30)14-13-17(2)25(16)31/h5-8,10-14,16-17,21-24,30H,9,15H2,1-4H3,(H,29,33)/b12-8+,14-13+/t16-,17-,21-,22-,23+,24-,28+/m0/s1. The highest BCUT2D eigenvalue weighted by atomic mass is 16.3. The smallest absolute Gasteiger partial charge is 0.231 e. The minimum atomic E-state index is -1.34. The van der Waals surface area contributed by atoms with Gasteiger partial charge in [0.2, 0.25) is 5.91 Å². The number of hydrogen-bond acceptors (Lipinski definition) is 4. The topological polar surface area (TPSA) is 83.5 Å². The molecule has 0 saturated carbocycles. The van der Waals surface area contributed by atoms with Gasteiger partial charge in [-0.15, -0.1) is 0 Å². The number of ketones is 2. The second-order valence-corrected chi connectivity index (χ2v) is 9.92. The molecule has 2 aliphatic carbocycles. The molecule has 1 amide bonds. The molecule has 1 aromatic carbocycles. The molecule has 0 radical (unpaired) electrons. The Bertz CT molecular complexity index is 1050. The zero-order valence-corrected chi connectivity index (χ0v) is 19.7. The molecule has 1 aliphatic heterocycles. The summed E-state index contributed by atoms with van der Waals surface area (Å²) in [5.41, 5.74) is 1.25. The van der Waals surface area contributed by atoms with Crippen molar-refractivity contribution in [3.8, 4) is 0 Å². The normalized spacial score (nSPS) is 38.8. The molecule has 1 aromatic rings. The highest BCUT2D eigenvalue weighted by Gasteiger charge is 2.66. The fourth-order valence-corrected chi connectivity index (χ4v) is 6.02. The summed E-state index contributed by atoms with van der Waals surface area (Å²) in [6, 6.07) is 9.69. The maximum absolute atomic E-state index is 13.8. The molecule has 1 fully saturated rings. The van der Waals surface area contributed by atoms with Gasteiger partial charge in [0.25, 0.3) is 0 Å². The molecule has 1 heterocycles. The van der Waals surface area contributed by atoms with Crippen LogP contribution in [0.15, 0.2) is 65.8 Å². The molecule has 4 rings (SSSR count). The summed E-state index contributed by atoms with van der Waals surface area (Å²) in [6.07, 6.45) is 6.78. The highest BCUT2D eigenvalue weighted by Crippen LogP contribution is 2.55. The Morgan fingerprint density at radius 3 is 2.42 bits per heavy atom. The first-order chi connectivity index (χ1) is 15.7. The third-order valence-corrected chi connectivity index (χ3v) is 7.97. The Kier molecular flexibility index (Phi) is 6.28. The van der Waals surface area contributed by atoms with Gasteiger partial charge >= 0.3 is 0 Å². The summed E-state index contributed by atoms with van der Waals surface area (Å²) in [5, 5.41) is 14.7. The van der Waals surface area contributed by atoms with Crippen molar-refractivity contribution in [2.45, 2.75) is 52.7 Å². The van der Waals surface area contributed by atoms with Crippen LogP contribution in [0.1, 0.15) is 39.7 Å². The molecular formula is C28H33NO4. The van der Waals surface area contributed by atoms with Gasteiger partial charge in [0.15, 0.2) is 5.78 Å². The van der Waals surface area contributed by atoms with Gasteiger partial charge in [-0.3, -0.25) is 14.4 Å². The van der Waals surface area contributed by atoms with Crippen LogP contribution < -0.4 is 5.32 Å². The summed E-state index contributed by atoms with van der Waals surface area (Å²) in [7, 11) is 0. The van der Waals surface area contributed by atoms with Crippen LogP contribution in [-0.2, 0) is 20.8 Å². The Balaban J connectivity index is 1.88. The molecule has 5 nitrogen and oxygen atoms in total. The van der Waals surface area contributed by atoms with E-state index < -0.39 is 17.4 Å².